The molecule has 0 radical (unpaired) electrons. The Morgan fingerprint density at radius 3 is 2.56 bits per heavy atom. The van der Waals surface area contributed by atoms with Gasteiger partial charge in [-0.3, -0.25) is 4.79 Å². The third-order valence-electron chi connectivity index (χ3n) is 3.44. The molecule has 1 N–H and O–H groups in total. The number of carbonyl (C=O) groups is 1. The van der Waals surface area contributed by atoms with E-state index in [1.165, 1.54) is 19.2 Å². The molecule has 0 heterocycles. The molecule has 0 saturated heterocycles. The Labute approximate surface area is 144 Å². The highest BCUT2D eigenvalue weighted by Crippen LogP contribution is 2.31. The van der Waals surface area contributed by atoms with Crippen LogP contribution in [0.1, 0.15) is 12.0 Å². The fraction of sp³-hybridized carbons (Fsp3) is 0.278. The molecule has 1 amide bonds. The Bertz CT molecular complexity index is 722. The molecule has 2 rings (SSSR count). The van der Waals surface area contributed by atoms with Gasteiger partial charge in [-0.05, 0) is 36.2 Å². The average Bonchev–Trinajstić information content (AvgIpc) is 2.60. The lowest BCUT2D eigenvalue weighted by Gasteiger charge is -2.12. The summed E-state index contributed by atoms with van der Waals surface area (Å²) >= 11 is 0. The van der Waals surface area contributed by atoms with Gasteiger partial charge in [0.2, 0.25) is 5.91 Å². The van der Waals surface area contributed by atoms with Gasteiger partial charge in [-0.25, -0.2) is 0 Å². The molecule has 2 aromatic carbocycles. The lowest BCUT2D eigenvalue weighted by molar-refractivity contribution is -0.116. The summed E-state index contributed by atoms with van der Waals surface area (Å²) in [6.45, 7) is -2.98. The second-order valence-electron chi connectivity index (χ2n) is 5.14. The fourth-order valence-electron chi connectivity index (χ4n) is 2.25. The summed E-state index contributed by atoms with van der Waals surface area (Å²) in [5.41, 5.74) is 1.32. The van der Waals surface area contributed by atoms with Gasteiger partial charge in [-0.2, -0.15) is 8.78 Å². The minimum atomic E-state index is -2.98. The van der Waals surface area contributed by atoms with Crippen molar-refractivity contribution in [2.45, 2.75) is 19.5 Å². The third kappa shape index (κ3) is 5.63. The Morgan fingerprint density at radius 2 is 1.88 bits per heavy atom. The van der Waals surface area contributed by atoms with Crippen molar-refractivity contribution in [3.8, 4) is 17.2 Å². The summed E-state index contributed by atoms with van der Waals surface area (Å²) in [5, 5.41) is 2.66. The number of hydrogen-bond acceptors (Lipinski definition) is 4. The first kappa shape index (κ1) is 18.5. The maximum Gasteiger partial charge on any atom is 0.387 e. The van der Waals surface area contributed by atoms with E-state index in [0.717, 1.165) is 11.3 Å². The first-order valence-electron chi connectivity index (χ1n) is 7.57. The van der Waals surface area contributed by atoms with Crippen LogP contribution in [-0.2, 0) is 11.2 Å². The first-order valence-corrected chi connectivity index (χ1v) is 7.57. The summed E-state index contributed by atoms with van der Waals surface area (Å²) in [6.07, 6.45) is 0.768. The molecule has 5 nitrogen and oxygen atoms in total. The second kappa shape index (κ2) is 8.86. The zero-order valence-corrected chi connectivity index (χ0v) is 13.9. The normalized spacial score (nSPS) is 10.4. The molecule has 7 heteroatoms. The molecule has 0 aromatic heterocycles. The average molecular weight is 351 g/mol. The van der Waals surface area contributed by atoms with Gasteiger partial charge in [0.15, 0.2) is 11.5 Å². The number of carbonyl (C=O) groups excluding carboxylic acids is 1. The summed E-state index contributed by atoms with van der Waals surface area (Å²) in [4.78, 5) is 12.1. The molecule has 0 fully saturated rings. The number of nitrogens with one attached hydrogen (secondary N) is 1. The van der Waals surface area contributed by atoms with E-state index in [9.17, 15) is 13.6 Å². The van der Waals surface area contributed by atoms with Crippen molar-refractivity contribution < 1.29 is 27.8 Å². The molecule has 0 unspecified atom stereocenters. The van der Waals surface area contributed by atoms with Crippen LogP contribution in [0.2, 0.25) is 0 Å². The predicted octanol–water partition coefficient (Wildman–Crippen LogP) is 3.88. The highest BCUT2D eigenvalue weighted by atomic mass is 19.3. The van der Waals surface area contributed by atoms with Gasteiger partial charge < -0.3 is 19.5 Å². The molecule has 0 bridgehead atoms. The second-order valence-corrected chi connectivity index (χ2v) is 5.14. The minimum Gasteiger partial charge on any atom is -0.497 e. The van der Waals surface area contributed by atoms with Gasteiger partial charge >= 0.3 is 6.61 Å². The van der Waals surface area contributed by atoms with Crippen molar-refractivity contribution in [3.63, 3.8) is 0 Å². The van der Waals surface area contributed by atoms with Crippen LogP contribution in [0.25, 0.3) is 0 Å². The Kier molecular flexibility index (Phi) is 6.56. The highest BCUT2D eigenvalue weighted by molar-refractivity contribution is 5.91. The molecule has 0 saturated carbocycles. The Morgan fingerprint density at radius 1 is 1.08 bits per heavy atom. The molecule has 0 aliphatic carbocycles. The van der Waals surface area contributed by atoms with E-state index in [4.69, 9.17) is 9.47 Å². The zero-order valence-electron chi connectivity index (χ0n) is 13.9. The molecular weight excluding hydrogens is 332 g/mol. The number of amides is 1. The van der Waals surface area contributed by atoms with Gasteiger partial charge in [0.05, 0.1) is 14.2 Å². The molecule has 0 aliphatic rings. The number of ether oxygens (including phenoxy) is 3. The van der Waals surface area contributed by atoms with Crippen molar-refractivity contribution in [2.24, 2.45) is 0 Å². The predicted molar refractivity (Wildman–Crippen MR) is 89.6 cm³/mol. The summed E-state index contributed by atoms with van der Waals surface area (Å²) in [7, 11) is 2.93. The topological polar surface area (TPSA) is 56.8 Å². The van der Waals surface area contributed by atoms with Crippen LogP contribution >= 0.6 is 0 Å². The lowest BCUT2D eigenvalue weighted by atomic mass is 10.1. The van der Waals surface area contributed by atoms with Crippen LogP contribution in [0.3, 0.4) is 0 Å². The van der Waals surface area contributed by atoms with Crippen molar-refractivity contribution in [1.29, 1.82) is 0 Å². The van der Waals surface area contributed by atoms with E-state index in [1.54, 1.807) is 13.2 Å². The quantitative estimate of drug-likeness (QED) is 0.784. The van der Waals surface area contributed by atoms with Crippen LogP contribution in [0.5, 0.6) is 17.2 Å². The number of halogens is 2. The standard InChI is InChI=1S/C18H19F2NO4/c1-23-14-5-3-4-12(10-14)6-9-17(22)21-13-7-8-15(24-2)16(11-13)25-18(19)20/h3-5,7-8,10-11,18H,6,9H2,1-2H3,(H,21,22). The minimum absolute atomic E-state index is 0.136. The van der Waals surface area contributed by atoms with Crippen molar-refractivity contribution in [3.05, 3.63) is 48.0 Å². The molecule has 0 atom stereocenters. The Hall–Kier alpha value is -2.83. The van der Waals surface area contributed by atoms with Gasteiger partial charge in [-0.15, -0.1) is 0 Å². The summed E-state index contributed by atoms with van der Waals surface area (Å²) < 4.78 is 39.3. The van der Waals surface area contributed by atoms with E-state index >= 15 is 0 Å². The molecule has 134 valence electrons. The van der Waals surface area contributed by atoms with Gasteiger partial charge in [0, 0.05) is 18.2 Å². The van der Waals surface area contributed by atoms with Crippen molar-refractivity contribution in [2.75, 3.05) is 19.5 Å². The van der Waals surface area contributed by atoms with Gasteiger partial charge in [0.1, 0.15) is 5.75 Å². The number of aryl methyl sites for hydroxylation is 1. The Balaban J connectivity index is 1.97. The SMILES string of the molecule is COc1cccc(CCC(=O)Nc2ccc(OC)c(OC(F)F)c2)c1. The third-order valence-corrected chi connectivity index (χ3v) is 3.44. The van der Waals surface area contributed by atoms with Crippen LogP contribution in [0, 0.1) is 0 Å². The highest BCUT2D eigenvalue weighted by Gasteiger charge is 2.12. The maximum atomic E-state index is 12.4. The molecule has 2 aromatic rings. The lowest BCUT2D eigenvalue weighted by Crippen LogP contribution is -2.13. The van der Waals surface area contributed by atoms with E-state index < -0.39 is 6.61 Å². The maximum absolute atomic E-state index is 12.4. The van der Waals surface area contributed by atoms with E-state index in [-0.39, 0.29) is 23.8 Å². The number of benzene rings is 2. The van der Waals surface area contributed by atoms with Crippen LogP contribution < -0.4 is 19.5 Å². The first-order chi connectivity index (χ1) is 12.0. The van der Waals surface area contributed by atoms with Gasteiger partial charge in [0.25, 0.3) is 0 Å². The number of methoxy groups -OCH3 is 2. The number of rotatable bonds is 8. The molecule has 25 heavy (non-hydrogen) atoms. The smallest absolute Gasteiger partial charge is 0.387 e. The molecular formula is C18H19F2NO4. The largest absolute Gasteiger partial charge is 0.497 e. The number of alkyl halides is 2. The number of anilines is 1. The van der Waals surface area contributed by atoms with E-state index in [1.807, 2.05) is 24.3 Å². The van der Waals surface area contributed by atoms with E-state index in [2.05, 4.69) is 10.1 Å². The van der Waals surface area contributed by atoms with Gasteiger partial charge in [-0.1, -0.05) is 12.1 Å². The van der Waals surface area contributed by atoms with Crippen molar-refractivity contribution in [1.82, 2.24) is 0 Å². The van der Waals surface area contributed by atoms with Crippen LogP contribution in [0.15, 0.2) is 42.5 Å². The fourth-order valence-corrected chi connectivity index (χ4v) is 2.25. The molecule has 0 spiro atoms. The molecule has 0 aliphatic heterocycles. The van der Waals surface area contributed by atoms with E-state index in [0.29, 0.717) is 12.1 Å². The van der Waals surface area contributed by atoms with Crippen LogP contribution in [-0.4, -0.2) is 26.7 Å². The zero-order chi connectivity index (χ0) is 18.2. The monoisotopic (exact) mass is 351 g/mol. The van der Waals surface area contributed by atoms with Crippen molar-refractivity contribution >= 4 is 11.6 Å². The number of hydrogen-bond donors (Lipinski definition) is 1. The summed E-state index contributed by atoms with van der Waals surface area (Å²) in [6, 6.07) is 11.7. The summed E-state index contributed by atoms with van der Waals surface area (Å²) in [5.74, 6) is 0.510. The van der Waals surface area contributed by atoms with Crippen LogP contribution in [0.4, 0.5) is 14.5 Å².